The molecule has 0 spiro atoms. The van der Waals surface area contributed by atoms with Crippen LogP contribution in [-0.2, 0) is 4.74 Å². The predicted octanol–water partition coefficient (Wildman–Crippen LogP) is 1.94. The maximum atomic E-state index is 13.9. The second kappa shape index (κ2) is 5.24. The topological polar surface area (TPSA) is 70.1 Å². The van der Waals surface area contributed by atoms with E-state index < -0.39 is 23.9 Å². The number of halogens is 2. The molecule has 0 aliphatic carbocycles. The van der Waals surface area contributed by atoms with Crippen LogP contribution in [0.4, 0.5) is 14.6 Å². The van der Waals surface area contributed by atoms with Crippen LogP contribution in [0, 0.1) is 0 Å². The molecule has 1 aliphatic heterocycles. The summed E-state index contributed by atoms with van der Waals surface area (Å²) in [5.74, 6) is -3.06. The highest BCUT2D eigenvalue weighted by atomic mass is 19.3. The van der Waals surface area contributed by atoms with Gasteiger partial charge in [0.1, 0.15) is 5.82 Å². The lowest BCUT2D eigenvalue weighted by Crippen LogP contribution is -2.35. The lowest BCUT2D eigenvalue weighted by Gasteiger charge is -2.19. The monoisotopic (exact) mass is 273 g/mol. The highest BCUT2D eigenvalue weighted by Gasteiger charge is 2.51. The number of nitrogens with two attached hydrogens (primary N) is 1. The van der Waals surface area contributed by atoms with Crippen molar-refractivity contribution in [2.75, 3.05) is 5.73 Å². The normalized spacial score (nSPS) is 25.6. The number of hydrogen-bond donors (Lipinski definition) is 1. The number of nitrogens with zero attached hydrogens (tertiary/aromatic N) is 2. The number of nitrogen functional groups attached to an aromatic ring is 1. The summed E-state index contributed by atoms with van der Waals surface area (Å²) in [5, 5.41) is 0. The molecule has 1 aromatic rings. The van der Waals surface area contributed by atoms with E-state index in [0.29, 0.717) is 6.42 Å². The summed E-state index contributed by atoms with van der Waals surface area (Å²) in [6, 6.07) is 1.31. The Morgan fingerprint density at radius 2 is 2.37 bits per heavy atom. The van der Waals surface area contributed by atoms with Crippen molar-refractivity contribution < 1.29 is 13.5 Å². The zero-order chi connectivity index (χ0) is 14.0. The molecule has 0 radical (unpaired) electrons. The average molecular weight is 273 g/mol. The maximum absolute atomic E-state index is 13.9. The molecule has 7 heteroatoms. The quantitative estimate of drug-likeness (QED) is 0.910. The van der Waals surface area contributed by atoms with Crippen LogP contribution in [0.2, 0.25) is 0 Å². The predicted molar refractivity (Wildman–Crippen MR) is 65.9 cm³/mol. The van der Waals surface area contributed by atoms with Crippen molar-refractivity contribution in [1.82, 2.24) is 9.55 Å². The Morgan fingerprint density at radius 3 is 3.00 bits per heavy atom. The van der Waals surface area contributed by atoms with Crippen molar-refractivity contribution in [3.8, 4) is 0 Å². The molecule has 2 heterocycles. The number of hydrogen-bond acceptors (Lipinski definition) is 4. The van der Waals surface area contributed by atoms with Crippen molar-refractivity contribution in [2.45, 2.75) is 50.9 Å². The summed E-state index contributed by atoms with van der Waals surface area (Å²) in [4.78, 5) is 15.0. The van der Waals surface area contributed by atoms with Crippen molar-refractivity contribution >= 4 is 5.82 Å². The van der Waals surface area contributed by atoms with Gasteiger partial charge >= 0.3 is 5.69 Å². The van der Waals surface area contributed by atoms with E-state index in [4.69, 9.17) is 10.5 Å². The molecule has 0 saturated carbocycles. The molecular weight excluding hydrogens is 256 g/mol. The van der Waals surface area contributed by atoms with E-state index in [1.165, 1.54) is 12.3 Å². The SMILES string of the molecule is CCCCC1CC(F)(F)C(n2ccc(N)nc2=O)O1. The summed E-state index contributed by atoms with van der Waals surface area (Å²) in [5.41, 5.74) is 4.52. The largest absolute Gasteiger partial charge is 0.383 e. The third-order valence-electron chi connectivity index (χ3n) is 3.17. The van der Waals surface area contributed by atoms with Crippen LogP contribution < -0.4 is 11.4 Å². The molecule has 106 valence electrons. The van der Waals surface area contributed by atoms with E-state index in [-0.39, 0.29) is 12.2 Å². The van der Waals surface area contributed by atoms with Gasteiger partial charge in [0.15, 0.2) is 0 Å². The van der Waals surface area contributed by atoms with Crippen molar-refractivity contribution in [3.63, 3.8) is 0 Å². The van der Waals surface area contributed by atoms with E-state index in [9.17, 15) is 13.6 Å². The van der Waals surface area contributed by atoms with E-state index in [2.05, 4.69) is 4.98 Å². The highest BCUT2D eigenvalue weighted by molar-refractivity contribution is 5.23. The molecule has 2 atom stereocenters. The third-order valence-corrected chi connectivity index (χ3v) is 3.17. The number of ether oxygens (including phenoxy) is 1. The average Bonchev–Trinajstić information content (AvgIpc) is 2.62. The molecule has 2 rings (SSSR count). The summed E-state index contributed by atoms with van der Waals surface area (Å²) < 4.78 is 33.9. The number of aromatic nitrogens is 2. The minimum atomic E-state index is -3.07. The molecule has 0 aromatic carbocycles. The van der Waals surface area contributed by atoms with Gasteiger partial charge in [-0.05, 0) is 12.5 Å². The number of alkyl halides is 2. The van der Waals surface area contributed by atoms with E-state index in [1.54, 1.807) is 0 Å². The molecule has 0 bridgehead atoms. The van der Waals surface area contributed by atoms with Gasteiger partial charge in [-0.1, -0.05) is 19.8 Å². The van der Waals surface area contributed by atoms with Crippen LogP contribution in [0.15, 0.2) is 17.1 Å². The Labute approximate surface area is 109 Å². The fraction of sp³-hybridized carbons (Fsp3) is 0.667. The zero-order valence-corrected chi connectivity index (χ0v) is 10.7. The van der Waals surface area contributed by atoms with E-state index in [1.807, 2.05) is 6.92 Å². The number of anilines is 1. The Kier molecular flexibility index (Phi) is 3.84. The summed E-state index contributed by atoms with van der Waals surface area (Å²) in [6.45, 7) is 1.99. The minimum absolute atomic E-state index is 0.00472. The first-order valence-electron chi connectivity index (χ1n) is 6.32. The first kappa shape index (κ1) is 13.9. The molecule has 1 saturated heterocycles. The van der Waals surface area contributed by atoms with Crippen LogP contribution in [0.3, 0.4) is 0 Å². The smallest absolute Gasteiger partial charge is 0.351 e. The van der Waals surface area contributed by atoms with Gasteiger partial charge in [0, 0.05) is 12.6 Å². The second-order valence-corrected chi connectivity index (χ2v) is 4.76. The van der Waals surface area contributed by atoms with Crippen LogP contribution >= 0.6 is 0 Å². The van der Waals surface area contributed by atoms with Gasteiger partial charge in [-0.3, -0.25) is 4.57 Å². The Bertz CT molecular complexity index is 504. The van der Waals surface area contributed by atoms with Crippen molar-refractivity contribution in [3.05, 3.63) is 22.7 Å². The zero-order valence-electron chi connectivity index (χ0n) is 10.7. The highest BCUT2D eigenvalue weighted by Crippen LogP contribution is 2.43. The van der Waals surface area contributed by atoms with Gasteiger partial charge in [0.25, 0.3) is 5.92 Å². The van der Waals surface area contributed by atoms with Crippen molar-refractivity contribution in [2.24, 2.45) is 0 Å². The van der Waals surface area contributed by atoms with E-state index >= 15 is 0 Å². The molecule has 0 amide bonds. The fourth-order valence-electron chi connectivity index (χ4n) is 2.21. The molecule has 5 nitrogen and oxygen atoms in total. The van der Waals surface area contributed by atoms with Gasteiger partial charge in [-0.15, -0.1) is 0 Å². The van der Waals surface area contributed by atoms with Crippen LogP contribution in [0.25, 0.3) is 0 Å². The molecule has 2 N–H and O–H groups in total. The summed E-state index contributed by atoms with van der Waals surface area (Å²) in [7, 11) is 0. The second-order valence-electron chi connectivity index (χ2n) is 4.76. The van der Waals surface area contributed by atoms with Crippen LogP contribution in [-0.4, -0.2) is 21.6 Å². The maximum Gasteiger partial charge on any atom is 0.351 e. The first-order valence-corrected chi connectivity index (χ1v) is 6.32. The first-order chi connectivity index (χ1) is 8.94. The molecule has 1 aliphatic rings. The lowest BCUT2D eigenvalue weighted by molar-refractivity contribution is -0.117. The molecular formula is C12H17F2N3O2. The van der Waals surface area contributed by atoms with E-state index in [0.717, 1.165) is 17.4 Å². The van der Waals surface area contributed by atoms with Gasteiger partial charge in [-0.2, -0.15) is 4.98 Å². The molecule has 1 aromatic heterocycles. The Morgan fingerprint density at radius 1 is 1.63 bits per heavy atom. The Hall–Kier alpha value is -1.50. The lowest BCUT2D eigenvalue weighted by atomic mass is 10.1. The molecule has 19 heavy (non-hydrogen) atoms. The van der Waals surface area contributed by atoms with Gasteiger partial charge in [0.2, 0.25) is 6.23 Å². The Balaban J connectivity index is 2.21. The molecule has 2 unspecified atom stereocenters. The summed E-state index contributed by atoms with van der Waals surface area (Å²) >= 11 is 0. The third kappa shape index (κ3) is 2.91. The van der Waals surface area contributed by atoms with Crippen LogP contribution in [0.5, 0.6) is 0 Å². The van der Waals surface area contributed by atoms with Crippen LogP contribution in [0.1, 0.15) is 38.8 Å². The fourth-order valence-corrected chi connectivity index (χ4v) is 2.21. The minimum Gasteiger partial charge on any atom is -0.383 e. The number of rotatable bonds is 4. The number of unbranched alkanes of at least 4 members (excludes halogenated alkanes) is 1. The van der Waals surface area contributed by atoms with Crippen molar-refractivity contribution in [1.29, 1.82) is 0 Å². The summed E-state index contributed by atoms with van der Waals surface area (Å²) in [6.07, 6.45) is 1.03. The molecule has 1 fully saturated rings. The van der Waals surface area contributed by atoms with Gasteiger partial charge in [-0.25, -0.2) is 13.6 Å². The van der Waals surface area contributed by atoms with Gasteiger partial charge in [0.05, 0.1) is 6.10 Å². The van der Waals surface area contributed by atoms with Gasteiger partial charge < -0.3 is 10.5 Å². The standard InChI is InChI=1S/C12H17F2N3O2/c1-2-3-4-8-7-12(13,14)10(19-8)17-6-5-9(15)16-11(17)18/h5-6,8,10H,2-4,7H2,1H3,(H2,15,16,18).